The second kappa shape index (κ2) is 10.8. The Morgan fingerprint density at radius 1 is 0.848 bits per heavy atom. The Labute approximate surface area is 206 Å². The van der Waals surface area contributed by atoms with Crippen molar-refractivity contribution in [3.8, 4) is 0 Å². The predicted octanol–water partition coefficient (Wildman–Crippen LogP) is 6.87. The lowest BCUT2D eigenvalue weighted by molar-refractivity contribution is -0.113. The number of hydrogen-bond acceptors (Lipinski definition) is 3. The van der Waals surface area contributed by atoms with E-state index in [1.807, 2.05) is 54.6 Å². The summed E-state index contributed by atoms with van der Waals surface area (Å²) in [4.78, 5) is 15.6. The maximum Gasteiger partial charge on any atom is 0.188 e. The van der Waals surface area contributed by atoms with E-state index in [0.717, 1.165) is 32.3 Å². The molecule has 3 aromatic carbocycles. The number of carbonyl (C=O) groups is 1. The number of benzene rings is 3. The van der Waals surface area contributed by atoms with Gasteiger partial charge in [0, 0.05) is 30.0 Å². The van der Waals surface area contributed by atoms with E-state index >= 15 is 0 Å². The highest BCUT2D eigenvalue weighted by atomic mass is 32.2. The van der Waals surface area contributed by atoms with Crippen LogP contribution in [0.2, 0.25) is 0 Å². The fourth-order valence-electron chi connectivity index (χ4n) is 3.90. The van der Waals surface area contributed by atoms with Gasteiger partial charge in [-0.15, -0.1) is 0 Å². The summed E-state index contributed by atoms with van der Waals surface area (Å²) in [6.45, 7) is 5.18. The number of piperidine rings is 1. The summed E-state index contributed by atoms with van der Waals surface area (Å²) in [5.41, 5.74) is 7.21. The molecule has 0 spiro atoms. The lowest BCUT2D eigenvalue weighted by Crippen LogP contribution is -2.39. The zero-order valence-electron chi connectivity index (χ0n) is 19.0. The van der Waals surface area contributed by atoms with E-state index in [0.29, 0.717) is 13.1 Å². The van der Waals surface area contributed by atoms with Crippen molar-refractivity contribution >= 4 is 46.2 Å². The molecule has 1 fully saturated rings. The smallest absolute Gasteiger partial charge is 0.188 e. The first-order chi connectivity index (χ1) is 16.0. The summed E-state index contributed by atoms with van der Waals surface area (Å²) in [6.07, 6.45) is 4.02. The lowest BCUT2D eigenvalue weighted by Gasteiger charge is -2.31. The van der Waals surface area contributed by atoms with Crippen LogP contribution in [0.1, 0.15) is 27.8 Å². The topological polar surface area (TPSA) is 20.3 Å². The molecule has 0 unspecified atom stereocenters. The highest BCUT2D eigenvalue weighted by Crippen LogP contribution is 2.26. The minimum Gasteiger partial charge on any atom is -0.349 e. The minimum atomic E-state index is 0.102. The van der Waals surface area contributed by atoms with E-state index in [2.05, 4.69) is 55.1 Å². The average molecular weight is 470 g/mol. The number of carbonyl (C=O) groups excluding carboxylic acids is 1. The van der Waals surface area contributed by atoms with Gasteiger partial charge in [-0.25, -0.2) is 0 Å². The summed E-state index contributed by atoms with van der Waals surface area (Å²) in [6, 6.07) is 26.8. The summed E-state index contributed by atoms with van der Waals surface area (Å²) in [7, 11) is 0. The van der Waals surface area contributed by atoms with Crippen molar-refractivity contribution in [1.82, 2.24) is 4.90 Å². The van der Waals surface area contributed by atoms with Crippen molar-refractivity contribution in [3.05, 3.63) is 118 Å². The van der Waals surface area contributed by atoms with Gasteiger partial charge in [-0.3, -0.25) is 4.79 Å². The molecule has 4 rings (SSSR count). The second-order valence-electron chi connectivity index (χ2n) is 8.39. The van der Waals surface area contributed by atoms with Crippen LogP contribution in [-0.2, 0) is 10.5 Å². The largest absolute Gasteiger partial charge is 0.349 e. The first-order valence-electron chi connectivity index (χ1n) is 11.0. The first kappa shape index (κ1) is 23.2. The third-order valence-electron chi connectivity index (χ3n) is 5.54. The molecule has 0 bridgehead atoms. The van der Waals surface area contributed by atoms with Crippen LogP contribution in [0.4, 0.5) is 0 Å². The fraction of sp³-hybridized carbons (Fsp3) is 0.172. The van der Waals surface area contributed by atoms with Gasteiger partial charge in [-0.1, -0.05) is 114 Å². The van der Waals surface area contributed by atoms with Gasteiger partial charge in [0.25, 0.3) is 0 Å². The Morgan fingerprint density at radius 3 is 1.91 bits per heavy atom. The normalized spacial score (nSPS) is 16.4. The molecule has 1 saturated heterocycles. The van der Waals surface area contributed by atoms with Crippen molar-refractivity contribution in [3.63, 3.8) is 0 Å². The van der Waals surface area contributed by atoms with E-state index in [4.69, 9.17) is 12.2 Å². The first-order valence-corrected chi connectivity index (χ1v) is 12.4. The number of aryl methyl sites for hydroxylation is 2. The maximum absolute atomic E-state index is 13.4. The molecule has 0 atom stereocenters. The fourth-order valence-corrected chi connectivity index (χ4v) is 5.00. The van der Waals surface area contributed by atoms with Crippen LogP contribution < -0.4 is 0 Å². The Morgan fingerprint density at radius 2 is 1.39 bits per heavy atom. The Kier molecular flexibility index (Phi) is 7.58. The van der Waals surface area contributed by atoms with E-state index < -0.39 is 0 Å². The van der Waals surface area contributed by atoms with Gasteiger partial charge >= 0.3 is 0 Å². The van der Waals surface area contributed by atoms with Crippen LogP contribution in [0.3, 0.4) is 0 Å². The molecule has 33 heavy (non-hydrogen) atoms. The van der Waals surface area contributed by atoms with Gasteiger partial charge < -0.3 is 4.90 Å². The number of hydrogen-bond donors (Lipinski definition) is 0. The van der Waals surface area contributed by atoms with Crippen molar-refractivity contribution in [2.24, 2.45) is 0 Å². The predicted molar refractivity (Wildman–Crippen MR) is 145 cm³/mol. The number of nitrogens with zero attached hydrogens (tertiary/aromatic N) is 1. The lowest BCUT2D eigenvalue weighted by atomic mass is 9.94. The molecule has 1 aliphatic rings. The number of thiocarbonyl (C=S) groups is 1. The molecule has 0 aromatic heterocycles. The van der Waals surface area contributed by atoms with Crippen LogP contribution >= 0.6 is 24.0 Å². The van der Waals surface area contributed by atoms with Crippen molar-refractivity contribution in [1.29, 1.82) is 0 Å². The minimum absolute atomic E-state index is 0.102. The van der Waals surface area contributed by atoms with Crippen molar-refractivity contribution in [2.75, 3.05) is 13.1 Å². The molecule has 4 heteroatoms. The number of likely N-dealkylation sites (tertiary alicyclic amines) is 1. The molecule has 0 saturated carbocycles. The molecule has 1 aliphatic heterocycles. The van der Waals surface area contributed by atoms with Gasteiger partial charge in [-0.05, 0) is 42.7 Å². The van der Waals surface area contributed by atoms with E-state index in [1.54, 1.807) is 11.8 Å². The Balaban J connectivity index is 1.62. The van der Waals surface area contributed by atoms with Crippen molar-refractivity contribution < 1.29 is 4.79 Å². The van der Waals surface area contributed by atoms with Gasteiger partial charge in [0.1, 0.15) is 4.32 Å². The van der Waals surface area contributed by atoms with Crippen LogP contribution in [0.5, 0.6) is 0 Å². The molecule has 0 aliphatic carbocycles. The monoisotopic (exact) mass is 469 g/mol. The Hall–Kier alpha value is -2.95. The highest BCUT2D eigenvalue weighted by Gasteiger charge is 2.27. The molecule has 3 aromatic rings. The zero-order chi connectivity index (χ0) is 23.2. The third kappa shape index (κ3) is 6.31. The maximum atomic E-state index is 13.4. The van der Waals surface area contributed by atoms with Gasteiger partial charge in [0.2, 0.25) is 0 Å². The molecule has 2 nitrogen and oxygen atoms in total. The molecular formula is C29H27NOS2. The molecule has 166 valence electrons. The summed E-state index contributed by atoms with van der Waals surface area (Å²) in [5.74, 6) is 0.919. The number of Topliss-reactive ketones (excluding diaryl/α,β-unsaturated/α-hetero) is 1. The Bertz CT molecular complexity index is 1160. The molecule has 1 heterocycles. The van der Waals surface area contributed by atoms with E-state index in [-0.39, 0.29) is 5.78 Å². The SMILES string of the molecule is Cc1cccc(/C=C2\CN(C(=S)SCc3ccccc3)C/C(=C\c3cccc(C)c3)C2=O)c1. The van der Waals surface area contributed by atoms with Crippen LogP contribution in [0.25, 0.3) is 12.2 Å². The highest BCUT2D eigenvalue weighted by molar-refractivity contribution is 8.22. The van der Waals surface area contributed by atoms with E-state index in [9.17, 15) is 4.79 Å². The van der Waals surface area contributed by atoms with Crippen LogP contribution in [0.15, 0.2) is 90.0 Å². The van der Waals surface area contributed by atoms with E-state index in [1.165, 1.54) is 16.7 Å². The molecule has 0 amide bonds. The number of thioether (sulfide) groups is 1. The van der Waals surface area contributed by atoms with Gasteiger partial charge in [0.15, 0.2) is 5.78 Å². The molecule has 0 N–H and O–H groups in total. The van der Waals surface area contributed by atoms with Crippen molar-refractivity contribution in [2.45, 2.75) is 19.6 Å². The van der Waals surface area contributed by atoms with Crippen LogP contribution in [-0.4, -0.2) is 28.1 Å². The molecular weight excluding hydrogens is 442 g/mol. The molecule has 0 radical (unpaired) electrons. The number of rotatable bonds is 4. The average Bonchev–Trinajstić information content (AvgIpc) is 2.81. The summed E-state index contributed by atoms with van der Waals surface area (Å²) in [5, 5.41) is 0. The third-order valence-corrected chi connectivity index (χ3v) is 7.13. The van der Waals surface area contributed by atoms with Crippen LogP contribution in [0, 0.1) is 13.8 Å². The zero-order valence-corrected chi connectivity index (χ0v) is 20.6. The summed E-state index contributed by atoms with van der Waals surface area (Å²) >= 11 is 7.46. The quantitative estimate of drug-likeness (QED) is 0.307. The number of ketones is 1. The van der Waals surface area contributed by atoms with Gasteiger partial charge in [0.05, 0.1) is 0 Å². The van der Waals surface area contributed by atoms with Gasteiger partial charge in [-0.2, -0.15) is 0 Å². The second-order valence-corrected chi connectivity index (χ2v) is 10.0. The summed E-state index contributed by atoms with van der Waals surface area (Å²) < 4.78 is 0.816. The standard InChI is InChI=1S/C29H27NOS2/c1-21-8-6-12-24(14-21)16-26-18-30(29(32)33-20-23-10-4-3-5-11-23)19-27(28(26)31)17-25-13-7-9-22(2)15-25/h3-17H,18-20H2,1-2H3/b26-16+,27-17+.